The molecular formula is C7H10N4S. The molecule has 1 heterocycles. The molecule has 1 unspecified atom stereocenters. The highest BCUT2D eigenvalue weighted by molar-refractivity contribution is 7.99. The third kappa shape index (κ3) is 2.26. The highest BCUT2D eigenvalue weighted by atomic mass is 32.2. The van der Waals surface area contributed by atoms with E-state index in [4.69, 9.17) is 11.0 Å². The quantitative estimate of drug-likeness (QED) is 0.685. The molecule has 0 amide bonds. The van der Waals surface area contributed by atoms with Crippen molar-refractivity contribution in [2.75, 3.05) is 5.75 Å². The summed E-state index contributed by atoms with van der Waals surface area (Å²) in [6.45, 7) is 0. The topological polar surface area (TPSA) is 67.6 Å². The lowest BCUT2D eigenvalue weighted by molar-refractivity contribution is 0.788. The number of aryl methyl sites for hydroxylation is 1. The molecule has 1 atom stereocenters. The van der Waals surface area contributed by atoms with Gasteiger partial charge in [-0.1, -0.05) is 11.8 Å². The number of aromatic nitrogens is 2. The van der Waals surface area contributed by atoms with Crippen molar-refractivity contribution in [1.82, 2.24) is 9.55 Å². The molecule has 5 heteroatoms. The predicted octanol–water partition coefficient (Wildman–Crippen LogP) is 0.363. The normalized spacial score (nSPS) is 12.4. The zero-order valence-electron chi connectivity index (χ0n) is 6.77. The molecule has 0 saturated carbocycles. The van der Waals surface area contributed by atoms with Crippen LogP contribution in [0.3, 0.4) is 0 Å². The van der Waals surface area contributed by atoms with Crippen LogP contribution in [-0.2, 0) is 7.05 Å². The van der Waals surface area contributed by atoms with Gasteiger partial charge in [0.05, 0.1) is 6.07 Å². The molecule has 0 aliphatic carbocycles. The minimum absolute atomic E-state index is 0.410. The summed E-state index contributed by atoms with van der Waals surface area (Å²) in [5.41, 5.74) is 5.42. The SMILES string of the molecule is Cn1ccnc1SCC(N)C#N. The number of nitrogens with zero attached hydrogens (tertiary/aromatic N) is 3. The van der Waals surface area contributed by atoms with Crippen LogP contribution < -0.4 is 5.73 Å². The molecule has 0 fully saturated rings. The monoisotopic (exact) mass is 182 g/mol. The van der Waals surface area contributed by atoms with Crippen LogP contribution in [0.1, 0.15) is 0 Å². The van der Waals surface area contributed by atoms with Crippen molar-refractivity contribution in [2.45, 2.75) is 11.2 Å². The van der Waals surface area contributed by atoms with Crippen LogP contribution in [0.2, 0.25) is 0 Å². The van der Waals surface area contributed by atoms with Crippen molar-refractivity contribution >= 4 is 11.8 Å². The summed E-state index contributed by atoms with van der Waals surface area (Å²) in [5.74, 6) is 0.585. The highest BCUT2D eigenvalue weighted by Gasteiger charge is 2.03. The Morgan fingerprint density at radius 1 is 1.92 bits per heavy atom. The summed E-state index contributed by atoms with van der Waals surface area (Å²) in [4.78, 5) is 4.08. The fraction of sp³-hybridized carbons (Fsp3) is 0.429. The Bertz CT molecular complexity index is 288. The molecule has 0 saturated heterocycles. The summed E-state index contributed by atoms with van der Waals surface area (Å²) >= 11 is 1.49. The van der Waals surface area contributed by atoms with Crippen LogP contribution >= 0.6 is 11.8 Å². The van der Waals surface area contributed by atoms with Crippen molar-refractivity contribution in [3.05, 3.63) is 12.4 Å². The first-order chi connectivity index (χ1) is 5.74. The average molecular weight is 182 g/mol. The number of hydrogen-bond acceptors (Lipinski definition) is 4. The van der Waals surface area contributed by atoms with Gasteiger partial charge in [-0.05, 0) is 0 Å². The highest BCUT2D eigenvalue weighted by Crippen LogP contribution is 2.14. The van der Waals surface area contributed by atoms with Crippen LogP contribution in [0.5, 0.6) is 0 Å². The Labute approximate surface area is 75.4 Å². The van der Waals surface area contributed by atoms with E-state index in [1.165, 1.54) is 11.8 Å². The van der Waals surface area contributed by atoms with E-state index in [2.05, 4.69) is 4.98 Å². The lowest BCUT2D eigenvalue weighted by Crippen LogP contribution is -2.20. The van der Waals surface area contributed by atoms with Gasteiger partial charge in [0.15, 0.2) is 5.16 Å². The molecule has 0 spiro atoms. The van der Waals surface area contributed by atoms with Crippen LogP contribution in [0.15, 0.2) is 17.6 Å². The van der Waals surface area contributed by atoms with Gasteiger partial charge in [0.25, 0.3) is 0 Å². The number of hydrogen-bond donors (Lipinski definition) is 1. The van der Waals surface area contributed by atoms with Crippen molar-refractivity contribution in [2.24, 2.45) is 12.8 Å². The second kappa shape index (κ2) is 4.14. The van der Waals surface area contributed by atoms with Gasteiger partial charge < -0.3 is 10.3 Å². The van der Waals surface area contributed by atoms with E-state index in [9.17, 15) is 0 Å². The lowest BCUT2D eigenvalue weighted by Gasteiger charge is -2.01. The first-order valence-corrected chi connectivity index (χ1v) is 4.48. The van der Waals surface area contributed by atoms with Crippen molar-refractivity contribution < 1.29 is 0 Å². The van der Waals surface area contributed by atoms with Crippen LogP contribution in [-0.4, -0.2) is 21.3 Å². The van der Waals surface area contributed by atoms with Gasteiger partial charge in [-0.15, -0.1) is 0 Å². The molecule has 0 aromatic carbocycles. The Hall–Kier alpha value is -0.990. The summed E-state index contributed by atoms with van der Waals surface area (Å²) in [5, 5.41) is 9.31. The molecule has 2 N–H and O–H groups in total. The maximum absolute atomic E-state index is 8.42. The fourth-order valence-corrected chi connectivity index (χ4v) is 1.50. The number of thioether (sulfide) groups is 1. The molecule has 0 bridgehead atoms. The van der Waals surface area contributed by atoms with E-state index < -0.39 is 6.04 Å². The van der Waals surface area contributed by atoms with Crippen molar-refractivity contribution in [3.63, 3.8) is 0 Å². The van der Waals surface area contributed by atoms with Gasteiger partial charge in [0.1, 0.15) is 6.04 Å². The number of nitrogens with two attached hydrogens (primary N) is 1. The van der Waals surface area contributed by atoms with Gasteiger partial charge in [0, 0.05) is 25.2 Å². The summed E-state index contributed by atoms with van der Waals surface area (Å²) in [6.07, 6.45) is 3.58. The van der Waals surface area contributed by atoms with E-state index in [1.807, 2.05) is 23.9 Å². The molecule has 0 aliphatic heterocycles. The van der Waals surface area contributed by atoms with Crippen molar-refractivity contribution in [3.8, 4) is 6.07 Å². The molecule has 64 valence electrons. The van der Waals surface area contributed by atoms with Crippen LogP contribution in [0.4, 0.5) is 0 Å². The third-order valence-electron chi connectivity index (χ3n) is 1.33. The van der Waals surface area contributed by atoms with Gasteiger partial charge in [-0.25, -0.2) is 4.98 Å². The van der Waals surface area contributed by atoms with Gasteiger partial charge in [0.2, 0.25) is 0 Å². The molecule has 0 radical (unpaired) electrons. The fourth-order valence-electron chi connectivity index (χ4n) is 0.693. The number of nitriles is 1. The molecular weight excluding hydrogens is 172 g/mol. The van der Waals surface area contributed by atoms with E-state index in [0.717, 1.165) is 5.16 Å². The minimum Gasteiger partial charge on any atom is -0.329 e. The predicted molar refractivity (Wildman–Crippen MR) is 47.5 cm³/mol. The smallest absolute Gasteiger partial charge is 0.167 e. The molecule has 12 heavy (non-hydrogen) atoms. The number of imidazole rings is 1. The van der Waals surface area contributed by atoms with Crippen LogP contribution in [0, 0.1) is 11.3 Å². The molecule has 1 aromatic rings. The van der Waals surface area contributed by atoms with E-state index >= 15 is 0 Å². The lowest BCUT2D eigenvalue weighted by atomic mass is 10.4. The third-order valence-corrected chi connectivity index (χ3v) is 2.51. The van der Waals surface area contributed by atoms with Crippen molar-refractivity contribution in [1.29, 1.82) is 5.26 Å². The maximum atomic E-state index is 8.42. The summed E-state index contributed by atoms with van der Waals surface area (Å²) in [6, 6.07) is 1.56. The molecule has 1 rings (SSSR count). The number of rotatable bonds is 3. The Morgan fingerprint density at radius 2 is 2.67 bits per heavy atom. The van der Waals surface area contributed by atoms with Gasteiger partial charge in [-0.3, -0.25) is 0 Å². The van der Waals surface area contributed by atoms with E-state index in [0.29, 0.717) is 5.75 Å². The summed E-state index contributed by atoms with van der Waals surface area (Å²) < 4.78 is 1.90. The molecule has 4 nitrogen and oxygen atoms in total. The zero-order valence-corrected chi connectivity index (χ0v) is 7.58. The largest absolute Gasteiger partial charge is 0.329 e. The Balaban J connectivity index is 2.44. The van der Waals surface area contributed by atoms with Gasteiger partial charge >= 0.3 is 0 Å². The maximum Gasteiger partial charge on any atom is 0.167 e. The molecule has 0 aliphatic rings. The zero-order chi connectivity index (χ0) is 8.97. The average Bonchev–Trinajstić information content (AvgIpc) is 2.47. The first kappa shape index (κ1) is 9.10. The van der Waals surface area contributed by atoms with Crippen LogP contribution in [0.25, 0.3) is 0 Å². The molecule has 1 aromatic heterocycles. The summed E-state index contributed by atoms with van der Waals surface area (Å²) in [7, 11) is 1.91. The van der Waals surface area contributed by atoms with Gasteiger partial charge in [-0.2, -0.15) is 5.26 Å². The first-order valence-electron chi connectivity index (χ1n) is 3.49. The Kier molecular flexibility index (Phi) is 3.14. The minimum atomic E-state index is -0.410. The second-order valence-corrected chi connectivity index (χ2v) is 3.35. The standard InChI is InChI=1S/C7H10N4S/c1-11-3-2-10-7(11)12-5-6(9)4-8/h2-3,6H,5,9H2,1H3. The Morgan fingerprint density at radius 3 is 3.17 bits per heavy atom. The van der Waals surface area contributed by atoms with E-state index in [-0.39, 0.29) is 0 Å². The van der Waals surface area contributed by atoms with E-state index in [1.54, 1.807) is 6.20 Å². The second-order valence-electron chi connectivity index (χ2n) is 2.37.